The van der Waals surface area contributed by atoms with Crippen LogP contribution in [0.4, 0.5) is 30.6 Å². The van der Waals surface area contributed by atoms with Crippen molar-refractivity contribution in [1.82, 2.24) is 9.97 Å². The van der Waals surface area contributed by atoms with Crippen LogP contribution in [0.2, 0.25) is 0 Å². The number of nitrogens with one attached hydrogen (secondary N) is 2. The van der Waals surface area contributed by atoms with Gasteiger partial charge in [-0.1, -0.05) is 12.1 Å². The Labute approximate surface area is 120 Å². The normalized spacial score (nSPS) is 11.3. The number of nitrogens with zero attached hydrogens (tertiary/aromatic N) is 2. The first-order chi connectivity index (χ1) is 9.91. The van der Waals surface area contributed by atoms with Gasteiger partial charge in [0.2, 0.25) is 5.95 Å². The Kier molecular flexibility index (Phi) is 4.30. The molecule has 0 saturated carbocycles. The molecule has 4 nitrogen and oxygen atoms in total. The van der Waals surface area contributed by atoms with E-state index in [1.54, 1.807) is 19.2 Å². The number of anilines is 3. The summed E-state index contributed by atoms with van der Waals surface area (Å²) < 4.78 is 38.9. The van der Waals surface area contributed by atoms with Gasteiger partial charge in [-0.25, -0.2) is 4.98 Å². The van der Waals surface area contributed by atoms with Gasteiger partial charge in [-0.15, -0.1) is 0 Å². The summed E-state index contributed by atoms with van der Waals surface area (Å²) >= 11 is 0. The molecule has 0 aliphatic rings. The van der Waals surface area contributed by atoms with Gasteiger partial charge >= 0.3 is 6.18 Å². The maximum atomic E-state index is 13.0. The Bertz CT molecular complexity index is 626. The number of para-hydroxylation sites is 1. The van der Waals surface area contributed by atoms with Crippen molar-refractivity contribution in [3.05, 3.63) is 41.6 Å². The standard InChI is InChI=1S/C14H15F3N4/c1-3-18-13-19-8-9(2)12(21-13)20-11-7-5-4-6-10(11)14(15,16)17/h4-8H,3H2,1-2H3,(H2,18,19,20,21). The third-order valence-electron chi connectivity index (χ3n) is 2.79. The molecule has 112 valence electrons. The predicted octanol–water partition coefficient (Wildman–Crippen LogP) is 3.98. The van der Waals surface area contributed by atoms with Gasteiger partial charge in [0.15, 0.2) is 0 Å². The maximum Gasteiger partial charge on any atom is 0.418 e. The topological polar surface area (TPSA) is 49.8 Å². The monoisotopic (exact) mass is 296 g/mol. The number of halogens is 3. The first-order valence-corrected chi connectivity index (χ1v) is 6.42. The van der Waals surface area contributed by atoms with E-state index in [4.69, 9.17) is 0 Å². The summed E-state index contributed by atoms with van der Waals surface area (Å²) in [4.78, 5) is 8.24. The molecule has 7 heteroatoms. The quantitative estimate of drug-likeness (QED) is 0.896. The summed E-state index contributed by atoms with van der Waals surface area (Å²) in [5.41, 5.74) is -0.101. The molecule has 2 aromatic rings. The third kappa shape index (κ3) is 3.62. The van der Waals surface area contributed by atoms with Gasteiger partial charge in [0.25, 0.3) is 0 Å². The van der Waals surface area contributed by atoms with E-state index in [0.717, 1.165) is 6.07 Å². The van der Waals surface area contributed by atoms with Crippen molar-refractivity contribution in [2.24, 2.45) is 0 Å². The lowest BCUT2D eigenvalue weighted by molar-refractivity contribution is -0.136. The fourth-order valence-electron chi connectivity index (χ4n) is 1.78. The lowest BCUT2D eigenvalue weighted by atomic mass is 10.1. The van der Waals surface area contributed by atoms with Crippen LogP contribution in [0.25, 0.3) is 0 Å². The highest BCUT2D eigenvalue weighted by Crippen LogP contribution is 2.35. The molecule has 0 amide bonds. The summed E-state index contributed by atoms with van der Waals surface area (Å²) in [5.74, 6) is 0.715. The Hall–Kier alpha value is -2.31. The van der Waals surface area contributed by atoms with E-state index in [-0.39, 0.29) is 5.69 Å². The van der Waals surface area contributed by atoms with Crippen molar-refractivity contribution < 1.29 is 13.2 Å². The zero-order valence-electron chi connectivity index (χ0n) is 11.6. The summed E-state index contributed by atoms with van der Waals surface area (Å²) in [6.07, 6.45) is -2.86. The van der Waals surface area contributed by atoms with E-state index >= 15 is 0 Å². The molecule has 0 atom stereocenters. The molecule has 0 aliphatic carbocycles. The minimum Gasteiger partial charge on any atom is -0.354 e. The van der Waals surface area contributed by atoms with Gasteiger partial charge < -0.3 is 10.6 Å². The lowest BCUT2D eigenvalue weighted by Gasteiger charge is -2.15. The maximum absolute atomic E-state index is 13.0. The highest BCUT2D eigenvalue weighted by atomic mass is 19.4. The van der Waals surface area contributed by atoms with E-state index in [9.17, 15) is 13.2 Å². The average molecular weight is 296 g/mol. The average Bonchev–Trinajstić information content (AvgIpc) is 2.42. The van der Waals surface area contributed by atoms with E-state index in [1.165, 1.54) is 12.1 Å². The van der Waals surface area contributed by atoms with Crippen molar-refractivity contribution in [2.45, 2.75) is 20.0 Å². The predicted molar refractivity (Wildman–Crippen MR) is 75.7 cm³/mol. The SMILES string of the molecule is CCNc1ncc(C)c(Nc2ccccc2C(F)(F)F)n1. The third-order valence-corrected chi connectivity index (χ3v) is 2.79. The molecule has 0 unspecified atom stereocenters. The number of aromatic nitrogens is 2. The summed E-state index contributed by atoms with van der Waals surface area (Å²) in [7, 11) is 0. The molecule has 2 N–H and O–H groups in total. The second kappa shape index (κ2) is 5.99. The smallest absolute Gasteiger partial charge is 0.354 e. The van der Waals surface area contributed by atoms with Crippen LogP contribution < -0.4 is 10.6 Å². The molecule has 0 aliphatic heterocycles. The summed E-state index contributed by atoms with van der Waals surface area (Å²) in [5, 5.41) is 5.66. The van der Waals surface area contributed by atoms with Crippen molar-refractivity contribution in [3.63, 3.8) is 0 Å². The van der Waals surface area contributed by atoms with Crippen LogP contribution in [0, 0.1) is 6.92 Å². The number of hydrogen-bond donors (Lipinski definition) is 2. The minimum atomic E-state index is -4.42. The van der Waals surface area contributed by atoms with Crippen LogP contribution >= 0.6 is 0 Å². The van der Waals surface area contributed by atoms with Crippen molar-refractivity contribution in [3.8, 4) is 0 Å². The highest BCUT2D eigenvalue weighted by Gasteiger charge is 2.33. The largest absolute Gasteiger partial charge is 0.418 e. The Morgan fingerprint density at radius 2 is 1.90 bits per heavy atom. The molecule has 1 aromatic heterocycles. The second-order valence-corrected chi connectivity index (χ2v) is 4.42. The Morgan fingerprint density at radius 1 is 1.19 bits per heavy atom. The van der Waals surface area contributed by atoms with Gasteiger partial charge in [0.05, 0.1) is 11.3 Å². The van der Waals surface area contributed by atoms with Crippen molar-refractivity contribution >= 4 is 17.5 Å². The highest BCUT2D eigenvalue weighted by molar-refractivity contribution is 5.64. The van der Waals surface area contributed by atoms with Gasteiger partial charge in [0, 0.05) is 18.3 Å². The van der Waals surface area contributed by atoms with Crippen molar-refractivity contribution in [2.75, 3.05) is 17.2 Å². The number of alkyl halides is 3. The zero-order valence-corrected chi connectivity index (χ0v) is 11.6. The number of benzene rings is 1. The first kappa shape index (κ1) is 15.1. The Morgan fingerprint density at radius 3 is 2.57 bits per heavy atom. The number of hydrogen-bond acceptors (Lipinski definition) is 4. The van der Waals surface area contributed by atoms with Gasteiger partial charge in [-0.05, 0) is 26.0 Å². The van der Waals surface area contributed by atoms with E-state index in [1.807, 2.05) is 6.92 Å². The van der Waals surface area contributed by atoms with Crippen molar-refractivity contribution in [1.29, 1.82) is 0 Å². The van der Waals surface area contributed by atoms with E-state index < -0.39 is 11.7 Å². The molecule has 1 heterocycles. The minimum absolute atomic E-state index is 0.0331. The van der Waals surface area contributed by atoms with Gasteiger partial charge in [0.1, 0.15) is 5.82 Å². The molecule has 0 spiro atoms. The summed E-state index contributed by atoms with van der Waals surface area (Å²) in [6, 6.07) is 5.30. The van der Waals surface area contributed by atoms with Gasteiger partial charge in [-0.2, -0.15) is 18.2 Å². The molecule has 0 bridgehead atoms. The fraction of sp³-hybridized carbons (Fsp3) is 0.286. The van der Waals surface area contributed by atoms with Crippen LogP contribution in [-0.4, -0.2) is 16.5 Å². The number of aryl methyl sites for hydroxylation is 1. The Balaban J connectivity index is 2.36. The molecule has 0 saturated heterocycles. The van der Waals surface area contributed by atoms with Crippen LogP contribution in [0.3, 0.4) is 0 Å². The first-order valence-electron chi connectivity index (χ1n) is 6.42. The molecular formula is C14H15F3N4. The lowest BCUT2D eigenvalue weighted by Crippen LogP contribution is -2.10. The fourth-order valence-corrected chi connectivity index (χ4v) is 1.78. The zero-order chi connectivity index (χ0) is 15.5. The van der Waals surface area contributed by atoms with Crippen LogP contribution in [0.5, 0.6) is 0 Å². The van der Waals surface area contributed by atoms with E-state index in [2.05, 4.69) is 20.6 Å². The molecule has 2 rings (SSSR count). The molecular weight excluding hydrogens is 281 g/mol. The van der Waals surface area contributed by atoms with Gasteiger partial charge in [-0.3, -0.25) is 0 Å². The molecule has 21 heavy (non-hydrogen) atoms. The number of rotatable bonds is 4. The van der Waals surface area contributed by atoms with Crippen LogP contribution in [0.1, 0.15) is 18.1 Å². The molecule has 1 aromatic carbocycles. The van der Waals surface area contributed by atoms with Crippen LogP contribution in [0.15, 0.2) is 30.5 Å². The summed E-state index contributed by atoms with van der Waals surface area (Å²) in [6.45, 7) is 4.24. The van der Waals surface area contributed by atoms with Crippen LogP contribution in [-0.2, 0) is 6.18 Å². The molecule has 0 radical (unpaired) electrons. The van der Waals surface area contributed by atoms with E-state index in [0.29, 0.717) is 23.9 Å². The second-order valence-electron chi connectivity index (χ2n) is 4.42. The molecule has 0 fully saturated rings.